The number of benzene rings is 1. The van der Waals surface area contributed by atoms with Gasteiger partial charge in [0.2, 0.25) is 5.91 Å². The molecule has 2 amide bonds. The standard InChI is InChI=1S/C19H22N2O7/c1-3-4-12-7-18(25)28-15-8-13(5-6-14(12)15)27-11(2)19(26)21-9-16(22)20-10-17(23)24/h5-8,11H,3-4,9-10H2,1-2H3,(H,20,22)(H,21,26)(H,23,24)/p-1/t11-/m1/s1. The summed E-state index contributed by atoms with van der Waals surface area (Å²) in [5.74, 6) is -2.33. The first-order valence-corrected chi connectivity index (χ1v) is 8.77. The number of carboxylic acid groups (broad SMARTS) is 1. The van der Waals surface area contributed by atoms with Gasteiger partial charge in [-0.1, -0.05) is 13.3 Å². The van der Waals surface area contributed by atoms with Gasteiger partial charge in [-0.05, 0) is 31.0 Å². The van der Waals surface area contributed by atoms with Crippen LogP contribution in [0, 0.1) is 0 Å². The molecule has 0 unspecified atom stereocenters. The van der Waals surface area contributed by atoms with Crippen LogP contribution in [-0.2, 0) is 20.8 Å². The minimum Gasteiger partial charge on any atom is -0.548 e. The zero-order chi connectivity index (χ0) is 20.7. The second-order valence-electron chi connectivity index (χ2n) is 6.13. The number of hydrogen-bond donors (Lipinski definition) is 2. The highest BCUT2D eigenvalue weighted by molar-refractivity contribution is 5.88. The molecule has 28 heavy (non-hydrogen) atoms. The van der Waals surface area contributed by atoms with E-state index in [-0.39, 0.29) is 0 Å². The lowest BCUT2D eigenvalue weighted by molar-refractivity contribution is -0.304. The topological polar surface area (TPSA) is 138 Å². The molecule has 1 aromatic carbocycles. The fourth-order valence-electron chi connectivity index (χ4n) is 2.56. The van der Waals surface area contributed by atoms with E-state index < -0.39 is 42.6 Å². The molecule has 9 nitrogen and oxygen atoms in total. The minimum atomic E-state index is -1.43. The molecule has 2 rings (SSSR count). The number of aryl methyl sites for hydroxylation is 1. The molecule has 2 aromatic rings. The van der Waals surface area contributed by atoms with Gasteiger partial charge in [0.25, 0.3) is 5.91 Å². The summed E-state index contributed by atoms with van der Waals surface area (Å²) in [6, 6.07) is 6.43. The van der Waals surface area contributed by atoms with Crippen molar-refractivity contribution in [3.63, 3.8) is 0 Å². The van der Waals surface area contributed by atoms with Gasteiger partial charge in [-0.25, -0.2) is 4.79 Å². The Kier molecular flexibility index (Phi) is 7.14. The van der Waals surface area contributed by atoms with E-state index in [1.54, 1.807) is 12.1 Å². The molecule has 0 aliphatic heterocycles. The average Bonchev–Trinajstić information content (AvgIpc) is 2.64. The number of hydrogen-bond acceptors (Lipinski definition) is 7. The van der Waals surface area contributed by atoms with Crippen LogP contribution in [0.2, 0.25) is 0 Å². The van der Waals surface area contributed by atoms with Gasteiger partial charge in [0, 0.05) is 17.5 Å². The Labute approximate surface area is 160 Å². The van der Waals surface area contributed by atoms with Crippen molar-refractivity contribution >= 4 is 28.8 Å². The second kappa shape index (κ2) is 9.54. The molecule has 0 spiro atoms. The van der Waals surface area contributed by atoms with Gasteiger partial charge in [-0.2, -0.15) is 0 Å². The first-order chi connectivity index (χ1) is 13.3. The first kappa shape index (κ1) is 20.9. The van der Waals surface area contributed by atoms with Gasteiger partial charge >= 0.3 is 5.63 Å². The number of ether oxygens (including phenoxy) is 1. The molecule has 1 aromatic heterocycles. The highest BCUT2D eigenvalue weighted by Gasteiger charge is 2.16. The molecular formula is C19H21N2O7-. The molecule has 0 aliphatic carbocycles. The smallest absolute Gasteiger partial charge is 0.336 e. The molecule has 0 saturated heterocycles. The minimum absolute atomic E-state index is 0.327. The van der Waals surface area contributed by atoms with Crippen LogP contribution in [-0.4, -0.2) is 37.0 Å². The Morgan fingerprint density at radius 2 is 1.93 bits per heavy atom. The number of fused-ring (bicyclic) bond motifs is 1. The van der Waals surface area contributed by atoms with Crippen molar-refractivity contribution in [3.8, 4) is 5.75 Å². The maximum atomic E-state index is 12.0. The summed E-state index contributed by atoms with van der Waals surface area (Å²) in [7, 11) is 0. The highest BCUT2D eigenvalue weighted by Crippen LogP contribution is 2.24. The number of amides is 2. The molecule has 0 fully saturated rings. The van der Waals surface area contributed by atoms with Crippen molar-refractivity contribution < 1.29 is 28.6 Å². The van der Waals surface area contributed by atoms with Crippen LogP contribution in [0.25, 0.3) is 11.0 Å². The molecular weight excluding hydrogens is 368 g/mol. The van der Waals surface area contributed by atoms with Crippen LogP contribution in [0.15, 0.2) is 33.5 Å². The van der Waals surface area contributed by atoms with E-state index in [1.807, 2.05) is 6.92 Å². The van der Waals surface area contributed by atoms with Crippen molar-refractivity contribution in [3.05, 3.63) is 40.2 Å². The lowest BCUT2D eigenvalue weighted by atomic mass is 10.1. The van der Waals surface area contributed by atoms with E-state index in [1.165, 1.54) is 19.1 Å². The summed E-state index contributed by atoms with van der Waals surface area (Å²) >= 11 is 0. The van der Waals surface area contributed by atoms with Crippen LogP contribution >= 0.6 is 0 Å². The number of aliphatic carboxylic acids is 1. The predicted molar refractivity (Wildman–Crippen MR) is 97.6 cm³/mol. The van der Waals surface area contributed by atoms with Crippen molar-refractivity contribution in [2.45, 2.75) is 32.8 Å². The Morgan fingerprint density at radius 3 is 2.61 bits per heavy atom. The van der Waals surface area contributed by atoms with Crippen LogP contribution < -0.4 is 26.1 Å². The number of rotatable bonds is 9. The largest absolute Gasteiger partial charge is 0.548 e. The Hall–Kier alpha value is -3.36. The second-order valence-corrected chi connectivity index (χ2v) is 6.13. The summed E-state index contributed by atoms with van der Waals surface area (Å²) in [5.41, 5.74) is 0.790. The van der Waals surface area contributed by atoms with Gasteiger partial charge in [0.05, 0.1) is 19.1 Å². The van der Waals surface area contributed by atoms with Crippen molar-refractivity contribution in [1.82, 2.24) is 10.6 Å². The van der Waals surface area contributed by atoms with Gasteiger partial charge in [0.1, 0.15) is 11.3 Å². The fraction of sp³-hybridized carbons (Fsp3) is 0.368. The van der Waals surface area contributed by atoms with Gasteiger partial charge in [-0.3, -0.25) is 9.59 Å². The lowest BCUT2D eigenvalue weighted by Gasteiger charge is -2.15. The molecule has 1 atom stereocenters. The maximum absolute atomic E-state index is 12.0. The lowest BCUT2D eigenvalue weighted by Crippen LogP contribution is -2.45. The van der Waals surface area contributed by atoms with E-state index in [2.05, 4.69) is 10.6 Å². The summed E-state index contributed by atoms with van der Waals surface area (Å²) < 4.78 is 10.8. The normalized spacial score (nSPS) is 11.6. The zero-order valence-corrected chi connectivity index (χ0v) is 15.6. The predicted octanol–water partition coefficient (Wildman–Crippen LogP) is -0.505. The average molecular weight is 389 g/mol. The molecule has 150 valence electrons. The van der Waals surface area contributed by atoms with E-state index >= 15 is 0 Å². The quantitative estimate of drug-likeness (QED) is 0.551. The summed E-state index contributed by atoms with van der Waals surface area (Å²) in [4.78, 5) is 45.4. The summed E-state index contributed by atoms with van der Waals surface area (Å²) in [6.45, 7) is 2.47. The van der Waals surface area contributed by atoms with Crippen LogP contribution in [0.1, 0.15) is 25.8 Å². The summed E-state index contributed by atoms with van der Waals surface area (Å²) in [6.07, 6.45) is 0.683. The molecule has 0 radical (unpaired) electrons. The molecule has 0 bridgehead atoms. The van der Waals surface area contributed by atoms with Crippen molar-refractivity contribution in [2.75, 3.05) is 13.1 Å². The Morgan fingerprint density at radius 1 is 1.18 bits per heavy atom. The van der Waals surface area contributed by atoms with Crippen LogP contribution in [0.3, 0.4) is 0 Å². The fourth-order valence-corrected chi connectivity index (χ4v) is 2.56. The third-order valence-corrected chi connectivity index (χ3v) is 3.86. The third-order valence-electron chi connectivity index (χ3n) is 3.86. The van der Waals surface area contributed by atoms with Crippen molar-refractivity contribution in [1.29, 1.82) is 0 Å². The molecule has 2 N–H and O–H groups in total. The number of carbonyl (C=O) groups is 3. The maximum Gasteiger partial charge on any atom is 0.336 e. The number of carboxylic acids is 1. The number of nitrogens with one attached hydrogen (secondary N) is 2. The first-order valence-electron chi connectivity index (χ1n) is 8.77. The molecule has 1 heterocycles. The van der Waals surface area contributed by atoms with Gasteiger partial charge < -0.3 is 29.7 Å². The number of carbonyl (C=O) groups excluding carboxylic acids is 3. The van der Waals surface area contributed by atoms with E-state index in [4.69, 9.17) is 9.15 Å². The van der Waals surface area contributed by atoms with E-state index in [0.29, 0.717) is 11.3 Å². The van der Waals surface area contributed by atoms with Gasteiger partial charge in [-0.15, -0.1) is 0 Å². The zero-order valence-electron chi connectivity index (χ0n) is 15.6. The van der Waals surface area contributed by atoms with Crippen molar-refractivity contribution in [2.24, 2.45) is 0 Å². The molecule has 0 aliphatic rings. The van der Waals surface area contributed by atoms with Crippen LogP contribution in [0.4, 0.5) is 0 Å². The Balaban J connectivity index is 2.01. The van der Waals surface area contributed by atoms with E-state index in [9.17, 15) is 24.3 Å². The summed E-state index contributed by atoms with van der Waals surface area (Å²) in [5, 5.41) is 15.5. The van der Waals surface area contributed by atoms with Crippen LogP contribution in [0.5, 0.6) is 5.75 Å². The molecule has 9 heteroatoms. The third kappa shape index (κ3) is 5.83. The van der Waals surface area contributed by atoms with Gasteiger partial charge in [0.15, 0.2) is 6.10 Å². The Bertz CT molecular complexity index is 936. The molecule has 0 saturated carbocycles. The highest BCUT2D eigenvalue weighted by atomic mass is 16.5. The monoisotopic (exact) mass is 389 g/mol. The van der Waals surface area contributed by atoms with E-state index in [0.717, 1.165) is 23.8 Å². The SMILES string of the molecule is CCCc1cc(=O)oc2cc(O[C@H](C)C(=O)NCC(=O)NCC(=O)[O-])ccc12.